The van der Waals surface area contributed by atoms with Crippen molar-refractivity contribution in [2.75, 3.05) is 6.61 Å². The number of carbonyl (C=O) groups excluding carboxylic acids is 1. The van der Waals surface area contributed by atoms with E-state index in [1.54, 1.807) is 0 Å². The molecule has 1 saturated heterocycles. The van der Waals surface area contributed by atoms with Crippen LogP contribution in [-0.2, 0) is 14.3 Å². The average Bonchev–Trinajstić information content (AvgIpc) is 2.06. The highest BCUT2D eigenvalue weighted by Crippen LogP contribution is 2.24. The zero-order valence-electron chi connectivity index (χ0n) is 8.29. The standard InChI is InChI=1S/C10H15IO3/c1-7(11)6-10-9(14-8(2)12)4-3-5-13-10/h9-10H,1,3-6H2,2H3/t9-,10+/m0/s1. The first-order valence-electron chi connectivity index (χ1n) is 4.71. The Morgan fingerprint density at radius 2 is 2.43 bits per heavy atom. The molecule has 1 heterocycles. The van der Waals surface area contributed by atoms with Crippen molar-refractivity contribution in [3.8, 4) is 0 Å². The molecule has 0 aliphatic carbocycles. The molecule has 4 heteroatoms. The molecule has 2 atom stereocenters. The van der Waals surface area contributed by atoms with Gasteiger partial charge in [-0.1, -0.05) is 6.58 Å². The molecular formula is C10H15IO3. The number of hydrogen-bond acceptors (Lipinski definition) is 3. The van der Waals surface area contributed by atoms with Gasteiger partial charge in [-0.3, -0.25) is 4.79 Å². The van der Waals surface area contributed by atoms with Gasteiger partial charge >= 0.3 is 5.97 Å². The molecule has 0 radical (unpaired) electrons. The Hall–Kier alpha value is -0.100. The molecule has 0 aromatic rings. The summed E-state index contributed by atoms with van der Waals surface area (Å²) >= 11 is 2.17. The summed E-state index contributed by atoms with van der Waals surface area (Å²) in [6, 6.07) is 0. The summed E-state index contributed by atoms with van der Waals surface area (Å²) in [5.74, 6) is -0.232. The smallest absolute Gasteiger partial charge is 0.302 e. The van der Waals surface area contributed by atoms with Crippen LogP contribution in [0, 0.1) is 0 Å². The normalized spacial score (nSPS) is 27.0. The Balaban J connectivity index is 2.49. The van der Waals surface area contributed by atoms with E-state index in [1.165, 1.54) is 6.92 Å². The summed E-state index contributed by atoms with van der Waals surface area (Å²) in [6.45, 7) is 6.02. The van der Waals surface area contributed by atoms with Crippen LogP contribution in [0.25, 0.3) is 0 Å². The van der Waals surface area contributed by atoms with E-state index in [4.69, 9.17) is 9.47 Å². The summed E-state index contributed by atoms with van der Waals surface area (Å²) < 4.78 is 11.8. The van der Waals surface area contributed by atoms with Crippen LogP contribution in [0.2, 0.25) is 0 Å². The predicted octanol–water partition coefficient (Wildman–Crippen LogP) is 2.44. The van der Waals surface area contributed by atoms with Crippen molar-refractivity contribution in [2.24, 2.45) is 0 Å². The lowest BCUT2D eigenvalue weighted by atomic mass is 10.0. The van der Waals surface area contributed by atoms with E-state index >= 15 is 0 Å². The second-order valence-electron chi connectivity index (χ2n) is 3.42. The van der Waals surface area contributed by atoms with Crippen molar-refractivity contribution in [3.05, 3.63) is 10.2 Å². The van der Waals surface area contributed by atoms with Crippen molar-refractivity contribution in [3.63, 3.8) is 0 Å². The number of ether oxygens (including phenoxy) is 2. The monoisotopic (exact) mass is 310 g/mol. The van der Waals surface area contributed by atoms with E-state index in [2.05, 4.69) is 29.2 Å². The molecule has 80 valence electrons. The van der Waals surface area contributed by atoms with Crippen LogP contribution in [-0.4, -0.2) is 24.8 Å². The maximum Gasteiger partial charge on any atom is 0.302 e. The zero-order chi connectivity index (χ0) is 10.6. The highest BCUT2D eigenvalue weighted by Gasteiger charge is 2.28. The van der Waals surface area contributed by atoms with Gasteiger partial charge in [-0.25, -0.2) is 0 Å². The minimum Gasteiger partial charge on any atom is -0.460 e. The third kappa shape index (κ3) is 3.96. The van der Waals surface area contributed by atoms with Crippen molar-refractivity contribution in [1.29, 1.82) is 0 Å². The number of hydrogen-bond donors (Lipinski definition) is 0. The largest absolute Gasteiger partial charge is 0.460 e. The molecule has 0 aromatic heterocycles. The molecule has 0 aromatic carbocycles. The minimum absolute atomic E-state index is 0.00273. The Morgan fingerprint density at radius 3 is 3.00 bits per heavy atom. The van der Waals surface area contributed by atoms with Crippen molar-refractivity contribution in [1.82, 2.24) is 0 Å². The first-order valence-corrected chi connectivity index (χ1v) is 5.79. The fourth-order valence-corrected chi connectivity index (χ4v) is 2.00. The molecule has 0 saturated carbocycles. The summed E-state index contributed by atoms with van der Waals surface area (Å²) in [5.41, 5.74) is 0. The first-order chi connectivity index (χ1) is 6.59. The Morgan fingerprint density at radius 1 is 1.71 bits per heavy atom. The van der Waals surface area contributed by atoms with E-state index in [0.29, 0.717) is 0 Å². The summed E-state index contributed by atoms with van der Waals surface area (Å²) in [6.07, 6.45) is 2.53. The van der Waals surface area contributed by atoms with Gasteiger partial charge in [-0.05, 0) is 39.0 Å². The molecule has 14 heavy (non-hydrogen) atoms. The lowest BCUT2D eigenvalue weighted by Crippen LogP contribution is -2.37. The van der Waals surface area contributed by atoms with Crippen LogP contribution in [0.4, 0.5) is 0 Å². The van der Waals surface area contributed by atoms with E-state index in [9.17, 15) is 4.79 Å². The second kappa shape index (κ2) is 5.70. The number of esters is 1. The Labute approximate surface area is 98.0 Å². The predicted molar refractivity (Wildman–Crippen MR) is 62.3 cm³/mol. The third-order valence-electron chi connectivity index (χ3n) is 2.12. The number of rotatable bonds is 3. The van der Waals surface area contributed by atoms with Gasteiger partial charge in [0.05, 0.1) is 6.10 Å². The second-order valence-corrected chi connectivity index (χ2v) is 4.95. The maximum atomic E-state index is 10.8. The quantitative estimate of drug-likeness (QED) is 0.593. The van der Waals surface area contributed by atoms with Gasteiger partial charge in [0, 0.05) is 20.0 Å². The van der Waals surface area contributed by atoms with E-state index in [-0.39, 0.29) is 18.2 Å². The van der Waals surface area contributed by atoms with Gasteiger partial charge < -0.3 is 9.47 Å². The molecule has 0 spiro atoms. The molecule has 0 unspecified atom stereocenters. The van der Waals surface area contributed by atoms with Crippen LogP contribution >= 0.6 is 22.6 Å². The van der Waals surface area contributed by atoms with Crippen LogP contribution < -0.4 is 0 Å². The maximum absolute atomic E-state index is 10.8. The summed E-state index contributed by atoms with van der Waals surface area (Å²) in [7, 11) is 0. The molecule has 0 amide bonds. The molecule has 1 fully saturated rings. The molecule has 1 aliphatic heterocycles. The molecule has 1 rings (SSSR count). The molecule has 0 bridgehead atoms. The van der Waals surface area contributed by atoms with Gasteiger partial charge in [-0.2, -0.15) is 0 Å². The lowest BCUT2D eigenvalue weighted by molar-refractivity contribution is -0.160. The van der Waals surface area contributed by atoms with E-state index in [1.807, 2.05) is 0 Å². The van der Waals surface area contributed by atoms with Crippen LogP contribution in [0.5, 0.6) is 0 Å². The first kappa shape index (κ1) is 12.0. The SMILES string of the molecule is C=C(I)C[C@H]1OCCC[C@@H]1OC(C)=O. The van der Waals surface area contributed by atoms with Gasteiger partial charge in [0.25, 0.3) is 0 Å². The van der Waals surface area contributed by atoms with Crippen molar-refractivity contribution >= 4 is 28.6 Å². The van der Waals surface area contributed by atoms with Gasteiger partial charge in [-0.15, -0.1) is 0 Å². The number of halogens is 1. The van der Waals surface area contributed by atoms with Crippen LogP contribution in [0.1, 0.15) is 26.2 Å². The average molecular weight is 310 g/mol. The van der Waals surface area contributed by atoms with E-state index < -0.39 is 0 Å². The van der Waals surface area contributed by atoms with Crippen LogP contribution in [0.3, 0.4) is 0 Å². The van der Waals surface area contributed by atoms with E-state index in [0.717, 1.165) is 29.4 Å². The molecule has 3 nitrogen and oxygen atoms in total. The minimum atomic E-state index is -0.232. The Kier molecular flexibility index (Phi) is 4.88. The van der Waals surface area contributed by atoms with Crippen molar-refractivity contribution < 1.29 is 14.3 Å². The lowest BCUT2D eigenvalue weighted by Gasteiger charge is -2.30. The zero-order valence-corrected chi connectivity index (χ0v) is 10.5. The van der Waals surface area contributed by atoms with Gasteiger partial charge in [0.2, 0.25) is 0 Å². The van der Waals surface area contributed by atoms with Crippen molar-refractivity contribution in [2.45, 2.75) is 38.4 Å². The molecular weight excluding hydrogens is 295 g/mol. The summed E-state index contributed by atoms with van der Waals surface area (Å²) in [4.78, 5) is 10.8. The third-order valence-corrected chi connectivity index (χ3v) is 2.56. The highest BCUT2D eigenvalue weighted by atomic mass is 127. The van der Waals surface area contributed by atoms with Gasteiger partial charge in [0.15, 0.2) is 0 Å². The highest BCUT2D eigenvalue weighted by molar-refractivity contribution is 14.1. The topological polar surface area (TPSA) is 35.5 Å². The summed E-state index contributed by atoms with van der Waals surface area (Å²) in [5, 5.41) is 0. The number of carbonyl (C=O) groups is 1. The fraction of sp³-hybridized carbons (Fsp3) is 0.700. The van der Waals surface area contributed by atoms with Gasteiger partial charge in [0.1, 0.15) is 6.10 Å². The fourth-order valence-electron chi connectivity index (χ4n) is 1.57. The Bertz CT molecular complexity index is 203. The molecule has 1 aliphatic rings. The molecule has 0 N–H and O–H groups in total. The van der Waals surface area contributed by atoms with Crippen LogP contribution in [0.15, 0.2) is 10.2 Å².